The van der Waals surface area contributed by atoms with Gasteiger partial charge in [0.25, 0.3) is 0 Å². The molecule has 1 amide bonds. The lowest BCUT2D eigenvalue weighted by Crippen LogP contribution is -2.14. The zero-order valence-electron chi connectivity index (χ0n) is 11.8. The van der Waals surface area contributed by atoms with Crippen LogP contribution in [0.4, 0.5) is 24.5 Å². The molecule has 0 saturated carbocycles. The van der Waals surface area contributed by atoms with Gasteiger partial charge < -0.3 is 15.8 Å². The van der Waals surface area contributed by atoms with E-state index in [2.05, 4.69) is 5.32 Å². The molecule has 0 aliphatic heterocycles. The SMILES string of the molecule is Cc1cc(N)ccc1NC(=O)CCCOCCC(F)(F)F. The van der Waals surface area contributed by atoms with Crippen molar-refractivity contribution < 1.29 is 22.7 Å². The van der Waals surface area contributed by atoms with Crippen molar-refractivity contribution in [2.24, 2.45) is 0 Å². The lowest BCUT2D eigenvalue weighted by atomic mass is 10.1. The molecule has 0 radical (unpaired) electrons. The molecule has 0 spiro atoms. The summed E-state index contributed by atoms with van der Waals surface area (Å²) < 4.78 is 40.4. The number of halogens is 3. The molecule has 0 bridgehead atoms. The average molecular weight is 304 g/mol. The van der Waals surface area contributed by atoms with Crippen LogP contribution in [0.3, 0.4) is 0 Å². The monoisotopic (exact) mass is 304 g/mol. The van der Waals surface area contributed by atoms with Gasteiger partial charge in [-0.2, -0.15) is 13.2 Å². The molecule has 4 nitrogen and oxygen atoms in total. The first-order valence-corrected chi connectivity index (χ1v) is 6.58. The minimum Gasteiger partial charge on any atom is -0.399 e. The predicted octanol–water partition coefficient (Wildman–Crippen LogP) is 3.26. The molecule has 0 unspecified atom stereocenters. The normalized spacial score (nSPS) is 11.4. The second-order valence-electron chi connectivity index (χ2n) is 4.70. The molecule has 0 fully saturated rings. The molecule has 1 aromatic rings. The molecule has 0 heterocycles. The van der Waals surface area contributed by atoms with Gasteiger partial charge in [-0.15, -0.1) is 0 Å². The maximum absolute atomic E-state index is 11.8. The summed E-state index contributed by atoms with van der Waals surface area (Å²) in [5, 5.41) is 2.72. The second-order valence-corrected chi connectivity index (χ2v) is 4.70. The van der Waals surface area contributed by atoms with E-state index in [0.29, 0.717) is 17.8 Å². The smallest absolute Gasteiger partial charge is 0.391 e. The van der Waals surface area contributed by atoms with Crippen molar-refractivity contribution >= 4 is 17.3 Å². The number of hydrogen-bond acceptors (Lipinski definition) is 3. The summed E-state index contributed by atoms with van der Waals surface area (Å²) in [7, 11) is 0. The number of alkyl halides is 3. The fourth-order valence-corrected chi connectivity index (χ4v) is 1.66. The molecule has 7 heteroatoms. The molecule has 1 rings (SSSR count). The van der Waals surface area contributed by atoms with Crippen LogP contribution in [0, 0.1) is 6.92 Å². The molecule has 3 N–H and O–H groups in total. The number of benzene rings is 1. The van der Waals surface area contributed by atoms with Crippen LogP contribution in [0.1, 0.15) is 24.8 Å². The molecule has 0 aromatic heterocycles. The van der Waals surface area contributed by atoms with Crippen LogP contribution in [0.5, 0.6) is 0 Å². The zero-order chi connectivity index (χ0) is 15.9. The Hall–Kier alpha value is -1.76. The van der Waals surface area contributed by atoms with Gasteiger partial charge in [-0.1, -0.05) is 0 Å². The third-order valence-electron chi connectivity index (χ3n) is 2.75. The van der Waals surface area contributed by atoms with Gasteiger partial charge in [-0.05, 0) is 37.1 Å². The molecule has 1 aromatic carbocycles. The molecule has 0 atom stereocenters. The summed E-state index contributed by atoms with van der Waals surface area (Å²) in [6.07, 6.45) is -4.61. The summed E-state index contributed by atoms with van der Waals surface area (Å²) >= 11 is 0. The quantitative estimate of drug-likeness (QED) is 0.600. The highest BCUT2D eigenvalue weighted by Gasteiger charge is 2.26. The molecule has 0 aliphatic carbocycles. The minimum atomic E-state index is -4.20. The number of hydrogen-bond donors (Lipinski definition) is 2. The number of ether oxygens (including phenoxy) is 1. The van der Waals surface area contributed by atoms with Crippen LogP contribution in [-0.2, 0) is 9.53 Å². The van der Waals surface area contributed by atoms with Gasteiger partial charge in [0, 0.05) is 24.4 Å². The predicted molar refractivity (Wildman–Crippen MR) is 74.9 cm³/mol. The Kier molecular flexibility index (Phi) is 6.48. The maximum atomic E-state index is 11.8. The first kappa shape index (κ1) is 17.3. The van der Waals surface area contributed by atoms with Gasteiger partial charge >= 0.3 is 6.18 Å². The Morgan fingerprint density at radius 3 is 2.67 bits per heavy atom. The largest absolute Gasteiger partial charge is 0.399 e. The van der Waals surface area contributed by atoms with E-state index in [4.69, 9.17) is 10.5 Å². The van der Waals surface area contributed by atoms with Gasteiger partial charge in [-0.3, -0.25) is 4.79 Å². The van der Waals surface area contributed by atoms with Crippen molar-refractivity contribution in [1.29, 1.82) is 0 Å². The number of nitrogen functional groups attached to an aromatic ring is 1. The standard InChI is InChI=1S/C14H19F3N2O2/c1-10-9-11(18)4-5-12(10)19-13(20)3-2-7-21-8-6-14(15,16)17/h4-5,9H,2-3,6-8,18H2,1H3,(H,19,20). The molecule has 21 heavy (non-hydrogen) atoms. The number of nitrogens with one attached hydrogen (secondary N) is 1. The summed E-state index contributed by atoms with van der Waals surface area (Å²) in [6.45, 7) is 1.58. The number of amides is 1. The topological polar surface area (TPSA) is 64.3 Å². The molecule has 0 aliphatic rings. The fourth-order valence-electron chi connectivity index (χ4n) is 1.66. The lowest BCUT2D eigenvalue weighted by Gasteiger charge is -2.09. The van der Waals surface area contributed by atoms with Crippen molar-refractivity contribution in [2.45, 2.75) is 32.4 Å². The van der Waals surface area contributed by atoms with Crippen LogP contribution >= 0.6 is 0 Å². The number of rotatable bonds is 7. The highest BCUT2D eigenvalue weighted by molar-refractivity contribution is 5.91. The van der Waals surface area contributed by atoms with E-state index in [0.717, 1.165) is 5.56 Å². The van der Waals surface area contributed by atoms with Gasteiger partial charge in [0.15, 0.2) is 0 Å². The van der Waals surface area contributed by atoms with Crippen LogP contribution in [0.15, 0.2) is 18.2 Å². The third kappa shape index (κ3) is 7.55. The van der Waals surface area contributed by atoms with E-state index in [1.807, 2.05) is 6.92 Å². The Labute approximate surface area is 121 Å². The maximum Gasteiger partial charge on any atom is 0.391 e. The van der Waals surface area contributed by atoms with Crippen LogP contribution in [0.25, 0.3) is 0 Å². The Bertz CT molecular complexity index is 476. The van der Waals surface area contributed by atoms with Crippen LogP contribution in [0.2, 0.25) is 0 Å². The second kappa shape index (κ2) is 7.87. The van der Waals surface area contributed by atoms with Crippen molar-refractivity contribution in [3.63, 3.8) is 0 Å². The average Bonchev–Trinajstić information content (AvgIpc) is 2.36. The number of nitrogens with two attached hydrogens (primary N) is 1. The lowest BCUT2D eigenvalue weighted by molar-refractivity contribution is -0.145. The van der Waals surface area contributed by atoms with Crippen molar-refractivity contribution in [2.75, 3.05) is 24.3 Å². The molecule has 0 saturated heterocycles. The van der Waals surface area contributed by atoms with E-state index in [-0.39, 0.29) is 25.5 Å². The molecular weight excluding hydrogens is 285 g/mol. The van der Waals surface area contributed by atoms with Gasteiger partial charge in [-0.25, -0.2) is 0 Å². The highest BCUT2D eigenvalue weighted by atomic mass is 19.4. The van der Waals surface area contributed by atoms with Crippen molar-refractivity contribution in [3.05, 3.63) is 23.8 Å². The number of carbonyl (C=O) groups is 1. The highest BCUT2D eigenvalue weighted by Crippen LogP contribution is 2.19. The van der Waals surface area contributed by atoms with Gasteiger partial charge in [0.05, 0.1) is 13.0 Å². The first-order valence-electron chi connectivity index (χ1n) is 6.58. The number of aryl methyl sites for hydroxylation is 1. The van der Waals surface area contributed by atoms with Crippen molar-refractivity contribution in [3.8, 4) is 0 Å². The van der Waals surface area contributed by atoms with E-state index >= 15 is 0 Å². The summed E-state index contributed by atoms with van der Waals surface area (Å²) in [5.41, 5.74) is 7.75. The number of carbonyl (C=O) groups excluding carboxylic acids is 1. The fraction of sp³-hybridized carbons (Fsp3) is 0.500. The van der Waals surface area contributed by atoms with E-state index < -0.39 is 12.6 Å². The Balaban J connectivity index is 2.20. The van der Waals surface area contributed by atoms with Crippen LogP contribution in [-0.4, -0.2) is 25.3 Å². The van der Waals surface area contributed by atoms with Crippen molar-refractivity contribution in [1.82, 2.24) is 0 Å². The van der Waals surface area contributed by atoms with Gasteiger partial charge in [0.1, 0.15) is 0 Å². The van der Waals surface area contributed by atoms with E-state index in [1.54, 1.807) is 18.2 Å². The minimum absolute atomic E-state index is 0.129. The summed E-state index contributed by atoms with van der Waals surface area (Å²) in [4.78, 5) is 11.7. The van der Waals surface area contributed by atoms with E-state index in [9.17, 15) is 18.0 Å². The first-order chi connectivity index (χ1) is 9.78. The molecular formula is C14H19F3N2O2. The van der Waals surface area contributed by atoms with E-state index in [1.165, 1.54) is 0 Å². The van der Waals surface area contributed by atoms with Crippen LogP contribution < -0.4 is 11.1 Å². The zero-order valence-corrected chi connectivity index (χ0v) is 11.8. The third-order valence-corrected chi connectivity index (χ3v) is 2.75. The Morgan fingerprint density at radius 1 is 1.33 bits per heavy atom. The summed E-state index contributed by atoms with van der Waals surface area (Å²) in [5.74, 6) is -0.206. The van der Waals surface area contributed by atoms with Gasteiger partial charge in [0.2, 0.25) is 5.91 Å². The summed E-state index contributed by atoms with van der Waals surface area (Å²) in [6, 6.07) is 5.14. The molecule has 118 valence electrons. The number of anilines is 2. The Morgan fingerprint density at radius 2 is 2.05 bits per heavy atom.